The van der Waals surface area contributed by atoms with Crippen molar-refractivity contribution in [1.29, 1.82) is 0 Å². The van der Waals surface area contributed by atoms with E-state index < -0.39 is 0 Å². The number of carbonyl (C=O) groups excluding carboxylic acids is 1. The molecule has 0 spiro atoms. The van der Waals surface area contributed by atoms with E-state index in [0.29, 0.717) is 29.5 Å². The van der Waals surface area contributed by atoms with Crippen LogP contribution in [0.4, 0.5) is 4.39 Å². The molecule has 0 aliphatic carbocycles. The first kappa shape index (κ1) is 17.3. The minimum atomic E-state index is -0.331. The molecule has 3 heterocycles. The minimum Gasteiger partial charge on any atom is -0.334 e. The van der Waals surface area contributed by atoms with Gasteiger partial charge in [0.1, 0.15) is 11.5 Å². The van der Waals surface area contributed by atoms with E-state index in [0.717, 1.165) is 25.7 Å². The van der Waals surface area contributed by atoms with Gasteiger partial charge in [-0.2, -0.15) is 4.98 Å². The van der Waals surface area contributed by atoms with Crippen LogP contribution >= 0.6 is 0 Å². The second-order valence-corrected chi connectivity index (χ2v) is 6.42. The van der Waals surface area contributed by atoms with Gasteiger partial charge >= 0.3 is 0 Å². The number of likely N-dealkylation sites (tertiary alicyclic amines) is 1. The predicted octanol–water partition coefficient (Wildman–Crippen LogP) is 3.42. The summed E-state index contributed by atoms with van der Waals surface area (Å²) < 4.78 is 18.5. The van der Waals surface area contributed by atoms with Crippen molar-refractivity contribution >= 4 is 5.91 Å². The van der Waals surface area contributed by atoms with Gasteiger partial charge in [0.25, 0.3) is 11.8 Å². The summed E-state index contributed by atoms with van der Waals surface area (Å²) in [4.78, 5) is 27.3. The molecule has 8 heteroatoms. The van der Waals surface area contributed by atoms with Crippen LogP contribution in [0.25, 0.3) is 11.5 Å². The fraction of sp³-hybridized carbons (Fsp3) is 0.316. The minimum absolute atomic E-state index is 0.192. The molecule has 27 heavy (non-hydrogen) atoms. The average molecular weight is 367 g/mol. The van der Waals surface area contributed by atoms with Crippen molar-refractivity contribution in [2.75, 3.05) is 6.54 Å². The number of amides is 1. The molecule has 138 valence electrons. The van der Waals surface area contributed by atoms with E-state index in [1.54, 1.807) is 17.0 Å². The summed E-state index contributed by atoms with van der Waals surface area (Å²) in [5.74, 6) is 0.237. The van der Waals surface area contributed by atoms with Crippen molar-refractivity contribution in [1.82, 2.24) is 25.0 Å². The Hall–Kier alpha value is -3.16. The van der Waals surface area contributed by atoms with Gasteiger partial charge in [-0.25, -0.2) is 9.37 Å². The van der Waals surface area contributed by atoms with Gasteiger partial charge in [0.15, 0.2) is 5.82 Å². The lowest BCUT2D eigenvalue weighted by Crippen LogP contribution is -2.35. The molecule has 0 N–H and O–H groups in total. The molecule has 2 aromatic heterocycles. The zero-order valence-corrected chi connectivity index (χ0v) is 14.6. The van der Waals surface area contributed by atoms with Gasteiger partial charge < -0.3 is 9.42 Å². The zero-order chi connectivity index (χ0) is 18.6. The summed E-state index contributed by atoms with van der Waals surface area (Å²) in [6.07, 6.45) is 8.15. The first-order valence-electron chi connectivity index (χ1n) is 8.89. The molecule has 4 rings (SSSR count). The average Bonchev–Trinajstić information content (AvgIpc) is 3.06. The SMILES string of the molecule is O=C(c1cnccn1)N1CCCCCC1c1noc(-c2ccc(F)cc2)n1. The molecule has 1 aliphatic rings. The molecule has 1 amide bonds. The second-order valence-electron chi connectivity index (χ2n) is 6.42. The van der Waals surface area contributed by atoms with Crippen molar-refractivity contribution in [2.45, 2.75) is 31.7 Å². The maximum absolute atomic E-state index is 13.1. The Morgan fingerprint density at radius 2 is 2.00 bits per heavy atom. The molecule has 1 saturated heterocycles. The third-order valence-electron chi connectivity index (χ3n) is 4.63. The quantitative estimate of drug-likeness (QED) is 0.705. The number of aromatic nitrogens is 4. The number of carbonyl (C=O) groups is 1. The maximum Gasteiger partial charge on any atom is 0.274 e. The van der Waals surface area contributed by atoms with Crippen molar-refractivity contribution in [3.05, 3.63) is 60.2 Å². The molecule has 7 nitrogen and oxygen atoms in total. The van der Waals surface area contributed by atoms with E-state index in [1.165, 1.54) is 30.7 Å². The Morgan fingerprint density at radius 1 is 1.15 bits per heavy atom. The predicted molar refractivity (Wildman–Crippen MR) is 94.0 cm³/mol. The highest BCUT2D eigenvalue weighted by molar-refractivity contribution is 5.92. The van der Waals surface area contributed by atoms with E-state index in [9.17, 15) is 9.18 Å². The third-order valence-corrected chi connectivity index (χ3v) is 4.63. The second kappa shape index (κ2) is 7.61. The van der Waals surface area contributed by atoms with Crippen LogP contribution in [-0.4, -0.2) is 37.5 Å². The highest BCUT2D eigenvalue weighted by Crippen LogP contribution is 2.31. The Labute approximate surface area is 155 Å². The largest absolute Gasteiger partial charge is 0.334 e. The van der Waals surface area contributed by atoms with E-state index in [2.05, 4.69) is 20.1 Å². The number of halogens is 1. The van der Waals surface area contributed by atoms with E-state index in [-0.39, 0.29) is 17.8 Å². The van der Waals surface area contributed by atoms with Crippen LogP contribution < -0.4 is 0 Å². The van der Waals surface area contributed by atoms with Crippen LogP contribution in [0.15, 0.2) is 47.4 Å². The molecule has 3 aromatic rings. The standard InChI is InChI=1S/C19H18FN5O2/c20-14-7-5-13(6-8-14)18-23-17(24-27-18)16-4-2-1-3-11-25(16)19(26)15-12-21-9-10-22-15/h5-10,12,16H,1-4,11H2. The third kappa shape index (κ3) is 3.69. The summed E-state index contributed by atoms with van der Waals surface area (Å²) in [5.41, 5.74) is 0.933. The van der Waals surface area contributed by atoms with Gasteiger partial charge in [-0.15, -0.1) is 0 Å². The van der Waals surface area contributed by atoms with Gasteiger partial charge in [0, 0.05) is 24.5 Å². The van der Waals surface area contributed by atoms with Crippen LogP contribution in [0, 0.1) is 5.82 Å². The van der Waals surface area contributed by atoms with Crippen LogP contribution in [0.3, 0.4) is 0 Å². The number of rotatable bonds is 3. The topological polar surface area (TPSA) is 85.0 Å². The fourth-order valence-electron chi connectivity index (χ4n) is 3.26. The highest BCUT2D eigenvalue weighted by atomic mass is 19.1. The summed E-state index contributed by atoms with van der Waals surface area (Å²) in [6.45, 7) is 0.598. The lowest BCUT2D eigenvalue weighted by atomic mass is 10.1. The van der Waals surface area contributed by atoms with E-state index >= 15 is 0 Å². The van der Waals surface area contributed by atoms with Gasteiger partial charge in [-0.1, -0.05) is 18.0 Å². The Kier molecular flexibility index (Phi) is 4.86. The first-order valence-corrected chi connectivity index (χ1v) is 8.89. The van der Waals surface area contributed by atoms with Crippen LogP contribution in [0.1, 0.15) is 48.0 Å². The van der Waals surface area contributed by atoms with Gasteiger partial charge in [0.2, 0.25) is 0 Å². The summed E-state index contributed by atoms with van der Waals surface area (Å²) in [7, 11) is 0. The molecule has 0 bridgehead atoms. The Bertz CT molecular complexity index is 913. The number of benzene rings is 1. The highest BCUT2D eigenvalue weighted by Gasteiger charge is 2.31. The number of hydrogen-bond acceptors (Lipinski definition) is 6. The smallest absolute Gasteiger partial charge is 0.274 e. The van der Waals surface area contributed by atoms with Crippen molar-refractivity contribution in [3.8, 4) is 11.5 Å². The first-order chi connectivity index (χ1) is 13.2. The maximum atomic E-state index is 13.1. The monoisotopic (exact) mass is 367 g/mol. The summed E-state index contributed by atoms with van der Waals surface area (Å²) in [6, 6.07) is 5.56. The molecule has 1 aromatic carbocycles. The molecule has 0 saturated carbocycles. The molecule has 0 radical (unpaired) electrons. The van der Waals surface area contributed by atoms with E-state index in [1.807, 2.05) is 0 Å². The van der Waals surface area contributed by atoms with Crippen molar-refractivity contribution < 1.29 is 13.7 Å². The van der Waals surface area contributed by atoms with Crippen LogP contribution in [0.2, 0.25) is 0 Å². The molecular weight excluding hydrogens is 349 g/mol. The van der Waals surface area contributed by atoms with Crippen LogP contribution in [-0.2, 0) is 0 Å². The molecular formula is C19H18FN5O2. The number of hydrogen-bond donors (Lipinski definition) is 0. The molecule has 1 unspecified atom stereocenters. The van der Waals surface area contributed by atoms with Gasteiger partial charge in [-0.05, 0) is 37.1 Å². The lowest BCUT2D eigenvalue weighted by molar-refractivity contribution is 0.0664. The van der Waals surface area contributed by atoms with E-state index in [4.69, 9.17) is 4.52 Å². The molecule has 1 aliphatic heterocycles. The van der Waals surface area contributed by atoms with Crippen molar-refractivity contribution in [3.63, 3.8) is 0 Å². The summed E-state index contributed by atoms with van der Waals surface area (Å²) >= 11 is 0. The van der Waals surface area contributed by atoms with Gasteiger partial charge in [-0.3, -0.25) is 9.78 Å². The van der Waals surface area contributed by atoms with Crippen molar-refractivity contribution in [2.24, 2.45) is 0 Å². The fourth-order valence-corrected chi connectivity index (χ4v) is 3.26. The summed E-state index contributed by atoms with van der Waals surface area (Å²) in [5, 5.41) is 4.10. The Morgan fingerprint density at radius 3 is 2.78 bits per heavy atom. The zero-order valence-electron chi connectivity index (χ0n) is 14.6. The normalized spacial score (nSPS) is 17.5. The molecule has 1 atom stereocenters. The van der Waals surface area contributed by atoms with Crippen LogP contribution in [0.5, 0.6) is 0 Å². The molecule has 1 fully saturated rings. The lowest BCUT2D eigenvalue weighted by Gasteiger charge is -2.27. The number of nitrogens with zero attached hydrogens (tertiary/aromatic N) is 5. The van der Waals surface area contributed by atoms with Gasteiger partial charge in [0.05, 0.1) is 12.2 Å². The Balaban J connectivity index is 1.63.